The SMILES string of the molecule is Cc1ccc(N=NN2CCOCC2)cc1. The minimum absolute atomic E-state index is 0.743. The summed E-state index contributed by atoms with van der Waals surface area (Å²) in [7, 11) is 0. The van der Waals surface area contributed by atoms with E-state index in [1.54, 1.807) is 0 Å². The van der Waals surface area contributed by atoms with Gasteiger partial charge in [0.05, 0.1) is 32.0 Å². The molecule has 1 fully saturated rings. The maximum Gasteiger partial charge on any atom is 0.0874 e. The molecule has 0 spiro atoms. The quantitative estimate of drug-likeness (QED) is 0.695. The second-order valence-electron chi connectivity index (χ2n) is 3.59. The third-order valence-corrected chi connectivity index (χ3v) is 2.31. The lowest BCUT2D eigenvalue weighted by atomic mass is 10.2. The molecule has 0 bridgehead atoms. The van der Waals surface area contributed by atoms with E-state index in [4.69, 9.17) is 4.74 Å². The van der Waals surface area contributed by atoms with Gasteiger partial charge in [-0.3, -0.25) is 5.01 Å². The Kier molecular flexibility index (Phi) is 3.29. The highest BCUT2D eigenvalue weighted by Gasteiger charge is 2.06. The van der Waals surface area contributed by atoms with E-state index in [-0.39, 0.29) is 0 Å². The van der Waals surface area contributed by atoms with E-state index >= 15 is 0 Å². The standard InChI is InChI=1S/C11H15N3O/c1-10-2-4-11(5-3-10)12-13-14-6-8-15-9-7-14/h2-5H,6-9H2,1H3. The minimum Gasteiger partial charge on any atom is -0.378 e. The highest BCUT2D eigenvalue weighted by atomic mass is 16.5. The van der Waals surface area contributed by atoms with Crippen molar-refractivity contribution in [3.63, 3.8) is 0 Å². The first-order chi connectivity index (χ1) is 7.34. The van der Waals surface area contributed by atoms with Gasteiger partial charge in [-0.1, -0.05) is 22.9 Å². The number of morpholine rings is 1. The molecule has 0 unspecified atom stereocenters. The van der Waals surface area contributed by atoms with Crippen molar-refractivity contribution in [1.82, 2.24) is 5.01 Å². The summed E-state index contributed by atoms with van der Waals surface area (Å²) in [5.41, 5.74) is 2.13. The predicted molar refractivity (Wildman–Crippen MR) is 58.1 cm³/mol. The van der Waals surface area contributed by atoms with Gasteiger partial charge in [0.25, 0.3) is 0 Å². The zero-order chi connectivity index (χ0) is 10.5. The van der Waals surface area contributed by atoms with Gasteiger partial charge in [-0.2, -0.15) is 0 Å². The molecule has 4 nitrogen and oxygen atoms in total. The monoisotopic (exact) mass is 205 g/mol. The number of aryl methyl sites for hydroxylation is 1. The number of ether oxygens (including phenoxy) is 1. The van der Waals surface area contributed by atoms with E-state index in [2.05, 4.69) is 17.3 Å². The maximum atomic E-state index is 5.22. The Balaban J connectivity index is 1.95. The van der Waals surface area contributed by atoms with Gasteiger partial charge in [0.1, 0.15) is 0 Å². The van der Waals surface area contributed by atoms with Gasteiger partial charge in [-0.25, -0.2) is 0 Å². The highest BCUT2D eigenvalue weighted by Crippen LogP contribution is 2.13. The smallest absolute Gasteiger partial charge is 0.0874 e. The predicted octanol–water partition coefficient (Wildman–Crippen LogP) is 2.33. The molecular weight excluding hydrogens is 190 g/mol. The second-order valence-corrected chi connectivity index (χ2v) is 3.59. The summed E-state index contributed by atoms with van der Waals surface area (Å²) in [5, 5.41) is 10.3. The number of nitrogens with zero attached hydrogens (tertiary/aromatic N) is 3. The van der Waals surface area contributed by atoms with Crippen molar-refractivity contribution < 1.29 is 4.74 Å². The molecule has 0 N–H and O–H groups in total. The summed E-state index contributed by atoms with van der Waals surface area (Å²) < 4.78 is 5.22. The molecule has 80 valence electrons. The van der Waals surface area contributed by atoms with Crippen LogP contribution in [-0.4, -0.2) is 31.3 Å². The van der Waals surface area contributed by atoms with Crippen LogP contribution in [-0.2, 0) is 4.74 Å². The van der Waals surface area contributed by atoms with Gasteiger partial charge in [0.15, 0.2) is 0 Å². The lowest BCUT2D eigenvalue weighted by Crippen LogP contribution is -2.31. The van der Waals surface area contributed by atoms with E-state index in [0.29, 0.717) is 0 Å². The van der Waals surface area contributed by atoms with Crippen LogP contribution in [0.5, 0.6) is 0 Å². The number of hydrogen-bond acceptors (Lipinski definition) is 3. The van der Waals surface area contributed by atoms with Gasteiger partial charge in [-0.15, -0.1) is 5.11 Å². The molecule has 1 aromatic rings. The van der Waals surface area contributed by atoms with Crippen LogP contribution in [0, 0.1) is 6.92 Å². The van der Waals surface area contributed by atoms with Crippen LogP contribution in [0.3, 0.4) is 0 Å². The Bertz CT molecular complexity index is 328. The topological polar surface area (TPSA) is 37.2 Å². The van der Waals surface area contributed by atoms with Crippen molar-refractivity contribution in [3.8, 4) is 0 Å². The van der Waals surface area contributed by atoms with Crippen molar-refractivity contribution in [2.45, 2.75) is 6.92 Å². The lowest BCUT2D eigenvalue weighted by molar-refractivity contribution is 0.0354. The summed E-state index contributed by atoms with van der Waals surface area (Å²) >= 11 is 0. The summed E-state index contributed by atoms with van der Waals surface area (Å²) in [5.74, 6) is 0. The largest absolute Gasteiger partial charge is 0.378 e. The first-order valence-corrected chi connectivity index (χ1v) is 5.15. The van der Waals surface area contributed by atoms with Gasteiger partial charge < -0.3 is 4.74 Å². The zero-order valence-corrected chi connectivity index (χ0v) is 8.89. The van der Waals surface area contributed by atoms with Gasteiger partial charge in [0.2, 0.25) is 0 Å². The molecule has 15 heavy (non-hydrogen) atoms. The first-order valence-electron chi connectivity index (χ1n) is 5.15. The Labute approximate surface area is 89.5 Å². The highest BCUT2D eigenvalue weighted by molar-refractivity contribution is 5.37. The van der Waals surface area contributed by atoms with Crippen LogP contribution in [0.1, 0.15) is 5.56 Å². The van der Waals surface area contributed by atoms with Crippen LogP contribution >= 0.6 is 0 Å². The fraction of sp³-hybridized carbons (Fsp3) is 0.455. The third kappa shape index (κ3) is 3.02. The Morgan fingerprint density at radius 3 is 2.47 bits per heavy atom. The Morgan fingerprint density at radius 1 is 1.13 bits per heavy atom. The van der Waals surface area contributed by atoms with Crippen molar-refractivity contribution in [2.24, 2.45) is 10.3 Å². The van der Waals surface area contributed by atoms with Gasteiger partial charge in [0, 0.05) is 0 Å². The molecule has 0 radical (unpaired) electrons. The summed E-state index contributed by atoms with van der Waals surface area (Å²) in [6, 6.07) is 8.01. The third-order valence-electron chi connectivity index (χ3n) is 2.31. The van der Waals surface area contributed by atoms with E-state index in [1.165, 1.54) is 5.56 Å². The molecule has 1 aliphatic heterocycles. The van der Waals surface area contributed by atoms with Crippen molar-refractivity contribution in [2.75, 3.05) is 26.3 Å². The zero-order valence-electron chi connectivity index (χ0n) is 8.89. The van der Waals surface area contributed by atoms with E-state index in [1.807, 2.05) is 29.3 Å². The van der Waals surface area contributed by atoms with Crippen LogP contribution < -0.4 is 0 Å². The van der Waals surface area contributed by atoms with E-state index in [9.17, 15) is 0 Å². The van der Waals surface area contributed by atoms with Crippen molar-refractivity contribution in [3.05, 3.63) is 29.8 Å². The van der Waals surface area contributed by atoms with Crippen molar-refractivity contribution >= 4 is 5.69 Å². The molecule has 0 aliphatic carbocycles. The Hall–Kier alpha value is -1.42. The van der Waals surface area contributed by atoms with E-state index in [0.717, 1.165) is 32.0 Å². The molecule has 0 atom stereocenters. The minimum atomic E-state index is 0.743. The maximum absolute atomic E-state index is 5.22. The summed E-state index contributed by atoms with van der Waals surface area (Å²) in [6.07, 6.45) is 0. The lowest BCUT2D eigenvalue weighted by Gasteiger charge is -2.22. The molecule has 0 amide bonds. The van der Waals surface area contributed by atoms with Crippen LogP contribution in [0.4, 0.5) is 5.69 Å². The molecule has 2 rings (SSSR count). The van der Waals surface area contributed by atoms with E-state index < -0.39 is 0 Å². The Morgan fingerprint density at radius 2 is 1.80 bits per heavy atom. The van der Waals surface area contributed by atoms with Crippen LogP contribution in [0.2, 0.25) is 0 Å². The summed E-state index contributed by atoms with van der Waals surface area (Å²) in [6.45, 7) is 5.20. The molecule has 1 aliphatic rings. The fourth-order valence-corrected chi connectivity index (χ4v) is 1.37. The second kappa shape index (κ2) is 4.89. The molecular formula is C11H15N3O. The van der Waals surface area contributed by atoms with Crippen molar-refractivity contribution in [1.29, 1.82) is 0 Å². The van der Waals surface area contributed by atoms with Gasteiger partial charge >= 0.3 is 0 Å². The molecule has 1 saturated heterocycles. The molecule has 0 aromatic heterocycles. The fourth-order valence-electron chi connectivity index (χ4n) is 1.37. The average molecular weight is 205 g/mol. The first kappa shape index (κ1) is 10.1. The molecule has 0 saturated carbocycles. The average Bonchev–Trinajstić information content (AvgIpc) is 2.30. The molecule has 4 heteroatoms. The van der Waals surface area contributed by atoms with Crippen LogP contribution in [0.15, 0.2) is 34.6 Å². The number of benzene rings is 1. The normalized spacial score (nSPS) is 17.3. The molecule has 1 heterocycles. The van der Waals surface area contributed by atoms with Crippen LogP contribution in [0.25, 0.3) is 0 Å². The molecule has 1 aromatic carbocycles. The number of rotatable bonds is 2. The summed E-state index contributed by atoms with van der Waals surface area (Å²) in [4.78, 5) is 0. The number of hydrogen-bond donors (Lipinski definition) is 0. The van der Waals surface area contributed by atoms with Gasteiger partial charge in [-0.05, 0) is 19.1 Å².